The monoisotopic (exact) mass is 217 g/mol. The number of aromatic hydroxyl groups is 1. The summed E-state index contributed by atoms with van der Waals surface area (Å²) in [5.74, 6) is -1.23. The molecule has 5 nitrogen and oxygen atoms in total. The Balaban J connectivity index is 0.000000364. The smallest absolute Gasteiger partial charge is 0.337 e. The SMILES string of the molecule is CS(C)=O.O=C(O)c1cncc(O)c1. The van der Waals surface area contributed by atoms with Crippen molar-refractivity contribution in [3.8, 4) is 5.75 Å². The van der Waals surface area contributed by atoms with Gasteiger partial charge in [-0.15, -0.1) is 0 Å². The van der Waals surface area contributed by atoms with Crippen molar-refractivity contribution < 1.29 is 19.2 Å². The van der Waals surface area contributed by atoms with Crippen molar-refractivity contribution in [2.24, 2.45) is 0 Å². The van der Waals surface area contributed by atoms with Crippen LogP contribution in [-0.4, -0.2) is 37.9 Å². The fraction of sp³-hybridized carbons (Fsp3) is 0.250. The van der Waals surface area contributed by atoms with E-state index in [1.54, 1.807) is 12.5 Å². The van der Waals surface area contributed by atoms with Crippen LogP contribution in [0.1, 0.15) is 10.4 Å². The molecular formula is C8H11NO4S. The van der Waals surface area contributed by atoms with Gasteiger partial charge in [-0.1, -0.05) is 0 Å². The average Bonchev–Trinajstić information content (AvgIpc) is 2.03. The predicted molar refractivity (Wildman–Crippen MR) is 52.9 cm³/mol. The molecule has 0 aliphatic carbocycles. The maximum Gasteiger partial charge on any atom is 0.337 e. The second-order valence-corrected chi connectivity index (χ2v) is 3.96. The van der Waals surface area contributed by atoms with Gasteiger partial charge in [0.2, 0.25) is 0 Å². The van der Waals surface area contributed by atoms with E-state index in [1.165, 1.54) is 12.4 Å². The zero-order valence-electron chi connectivity index (χ0n) is 7.80. The standard InChI is InChI=1S/C6H5NO3.C2H6OS/c8-5-1-4(6(9)10)2-7-3-5;1-4(2)3/h1-3,8H,(H,9,10);1-2H3. The molecule has 1 aromatic rings. The van der Waals surface area contributed by atoms with E-state index in [0.717, 1.165) is 6.07 Å². The molecular weight excluding hydrogens is 206 g/mol. The van der Waals surface area contributed by atoms with E-state index in [1.807, 2.05) is 0 Å². The first kappa shape index (κ1) is 12.6. The van der Waals surface area contributed by atoms with Gasteiger partial charge < -0.3 is 10.2 Å². The van der Waals surface area contributed by atoms with E-state index in [0.29, 0.717) is 0 Å². The molecule has 0 aliphatic heterocycles. The summed E-state index contributed by atoms with van der Waals surface area (Å²) in [6.07, 6.45) is 5.62. The van der Waals surface area contributed by atoms with E-state index in [4.69, 9.17) is 10.2 Å². The van der Waals surface area contributed by atoms with Crippen molar-refractivity contribution in [2.45, 2.75) is 0 Å². The number of aromatic nitrogens is 1. The maximum absolute atomic E-state index is 10.2. The van der Waals surface area contributed by atoms with Crippen LogP contribution >= 0.6 is 0 Å². The second-order valence-electron chi connectivity index (χ2n) is 2.48. The van der Waals surface area contributed by atoms with Crippen molar-refractivity contribution in [1.82, 2.24) is 4.98 Å². The Morgan fingerprint density at radius 1 is 1.43 bits per heavy atom. The van der Waals surface area contributed by atoms with Crippen LogP contribution in [0, 0.1) is 0 Å². The van der Waals surface area contributed by atoms with Gasteiger partial charge in [-0.05, 0) is 6.07 Å². The molecule has 0 spiro atoms. The number of carbonyl (C=O) groups is 1. The fourth-order valence-corrected chi connectivity index (χ4v) is 0.545. The number of hydrogen-bond acceptors (Lipinski definition) is 4. The highest BCUT2D eigenvalue weighted by atomic mass is 32.2. The van der Waals surface area contributed by atoms with Crippen molar-refractivity contribution >= 4 is 16.8 Å². The first-order valence-corrected chi connectivity index (χ1v) is 5.52. The van der Waals surface area contributed by atoms with Crippen LogP contribution in [0.5, 0.6) is 5.75 Å². The number of rotatable bonds is 1. The molecule has 1 aromatic heterocycles. The summed E-state index contributed by atoms with van der Waals surface area (Å²) in [6, 6.07) is 1.13. The normalized spacial score (nSPS) is 9.07. The molecule has 0 amide bonds. The molecule has 0 radical (unpaired) electrons. The molecule has 2 N–H and O–H groups in total. The maximum atomic E-state index is 10.2. The van der Waals surface area contributed by atoms with Crippen LogP contribution in [-0.2, 0) is 10.8 Å². The average molecular weight is 217 g/mol. The van der Waals surface area contributed by atoms with Crippen LogP contribution in [0.3, 0.4) is 0 Å². The number of nitrogens with zero attached hydrogens (tertiary/aromatic N) is 1. The molecule has 6 heteroatoms. The molecule has 1 rings (SSSR count). The van der Waals surface area contributed by atoms with E-state index < -0.39 is 16.8 Å². The Bertz CT molecular complexity index is 336. The molecule has 78 valence electrons. The summed E-state index contributed by atoms with van der Waals surface area (Å²) in [7, 11) is -0.611. The lowest BCUT2D eigenvalue weighted by molar-refractivity contribution is 0.0696. The zero-order chi connectivity index (χ0) is 11.1. The van der Waals surface area contributed by atoms with Gasteiger partial charge in [0.1, 0.15) is 5.75 Å². The summed E-state index contributed by atoms with van der Waals surface area (Å²) in [5, 5.41) is 17.1. The first-order valence-electron chi connectivity index (χ1n) is 3.56. The Kier molecular flexibility index (Phi) is 5.47. The third-order valence-corrected chi connectivity index (χ3v) is 0.971. The van der Waals surface area contributed by atoms with Gasteiger partial charge in [-0.2, -0.15) is 0 Å². The van der Waals surface area contributed by atoms with E-state index in [2.05, 4.69) is 4.98 Å². The van der Waals surface area contributed by atoms with Crippen LogP contribution in [0.15, 0.2) is 18.5 Å². The number of carboxylic acid groups (broad SMARTS) is 1. The quantitative estimate of drug-likeness (QED) is 0.714. The van der Waals surface area contributed by atoms with Gasteiger partial charge in [0.05, 0.1) is 11.8 Å². The van der Waals surface area contributed by atoms with Crippen molar-refractivity contribution in [3.63, 3.8) is 0 Å². The summed E-state index contributed by atoms with van der Waals surface area (Å²) in [5.41, 5.74) is -0.0139. The van der Waals surface area contributed by atoms with Crippen molar-refractivity contribution in [3.05, 3.63) is 24.0 Å². The van der Waals surface area contributed by atoms with Crippen LogP contribution in [0.25, 0.3) is 0 Å². The second kappa shape index (κ2) is 6.09. The number of pyridine rings is 1. The minimum absolute atomic E-state index is 0.0139. The molecule has 0 atom stereocenters. The lowest BCUT2D eigenvalue weighted by atomic mass is 10.3. The van der Waals surface area contributed by atoms with E-state index >= 15 is 0 Å². The Morgan fingerprint density at radius 2 is 1.93 bits per heavy atom. The molecule has 14 heavy (non-hydrogen) atoms. The Morgan fingerprint density at radius 3 is 2.21 bits per heavy atom. The number of hydrogen-bond donors (Lipinski definition) is 2. The molecule has 0 bridgehead atoms. The van der Waals surface area contributed by atoms with Gasteiger partial charge in [-0.3, -0.25) is 9.19 Å². The summed E-state index contributed by atoms with van der Waals surface area (Å²) >= 11 is 0. The Labute approximate surface area is 83.9 Å². The summed E-state index contributed by atoms with van der Waals surface area (Å²) in [6.45, 7) is 0. The lowest BCUT2D eigenvalue weighted by Crippen LogP contribution is -1.95. The third kappa shape index (κ3) is 6.13. The van der Waals surface area contributed by atoms with E-state index in [9.17, 15) is 9.00 Å². The molecule has 0 saturated carbocycles. The number of carboxylic acids is 1. The predicted octanol–water partition coefficient (Wildman–Crippen LogP) is 0.480. The third-order valence-electron chi connectivity index (χ3n) is 0.971. The highest BCUT2D eigenvalue weighted by Gasteiger charge is 2.01. The first-order chi connectivity index (χ1) is 6.43. The van der Waals surface area contributed by atoms with Crippen LogP contribution in [0.4, 0.5) is 0 Å². The summed E-state index contributed by atoms with van der Waals surface area (Å²) < 4.78 is 9.56. The molecule has 0 aliphatic rings. The fourth-order valence-electron chi connectivity index (χ4n) is 0.545. The van der Waals surface area contributed by atoms with Crippen molar-refractivity contribution in [1.29, 1.82) is 0 Å². The molecule has 0 unspecified atom stereocenters. The highest BCUT2D eigenvalue weighted by Crippen LogP contribution is 2.07. The molecule has 0 aromatic carbocycles. The number of aromatic carboxylic acids is 1. The molecule has 0 saturated heterocycles. The van der Waals surface area contributed by atoms with Crippen LogP contribution < -0.4 is 0 Å². The van der Waals surface area contributed by atoms with Crippen molar-refractivity contribution in [2.75, 3.05) is 12.5 Å². The van der Waals surface area contributed by atoms with Gasteiger partial charge >= 0.3 is 5.97 Å². The summed E-state index contributed by atoms with van der Waals surface area (Å²) in [4.78, 5) is 13.7. The molecule has 1 heterocycles. The van der Waals surface area contributed by atoms with Gasteiger partial charge in [-0.25, -0.2) is 4.79 Å². The van der Waals surface area contributed by atoms with Gasteiger partial charge in [0.15, 0.2) is 0 Å². The highest BCUT2D eigenvalue weighted by molar-refractivity contribution is 7.83. The minimum Gasteiger partial charge on any atom is -0.506 e. The lowest BCUT2D eigenvalue weighted by Gasteiger charge is -1.92. The minimum atomic E-state index is -1.09. The Hall–Kier alpha value is -1.43. The van der Waals surface area contributed by atoms with E-state index in [-0.39, 0.29) is 11.3 Å². The molecule has 0 fully saturated rings. The topological polar surface area (TPSA) is 87.5 Å². The largest absolute Gasteiger partial charge is 0.506 e. The van der Waals surface area contributed by atoms with Gasteiger partial charge in [0, 0.05) is 29.5 Å². The van der Waals surface area contributed by atoms with Gasteiger partial charge in [0.25, 0.3) is 0 Å². The zero-order valence-corrected chi connectivity index (χ0v) is 8.61. The van der Waals surface area contributed by atoms with Crippen LogP contribution in [0.2, 0.25) is 0 Å².